The van der Waals surface area contributed by atoms with Gasteiger partial charge in [-0.05, 0) is 31.2 Å². The van der Waals surface area contributed by atoms with E-state index in [4.69, 9.17) is 5.11 Å². The Morgan fingerprint density at radius 3 is 2.75 bits per heavy atom. The van der Waals surface area contributed by atoms with Crippen molar-refractivity contribution in [3.63, 3.8) is 0 Å². The molecule has 0 aliphatic carbocycles. The van der Waals surface area contributed by atoms with Crippen LogP contribution in [0, 0.1) is 5.92 Å². The smallest absolute Gasteiger partial charge is 0.227 e. The molecule has 1 aliphatic heterocycles. The fraction of sp³-hybridized carbons (Fsp3) is 0.429. The highest BCUT2D eigenvalue weighted by molar-refractivity contribution is 9.10. The van der Waals surface area contributed by atoms with Crippen LogP contribution in [-0.2, 0) is 9.59 Å². The average molecular weight is 341 g/mol. The lowest BCUT2D eigenvalue weighted by Crippen LogP contribution is -2.36. The summed E-state index contributed by atoms with van der Waals surface area (Å²) in [5.74, 6) is -0.590. The third-order valence-electron chi connectivity index (χ3n) is 3.21. The number of benzene rings is 1. The van der Waals surface area contributed by atoms with Crippen LogP contribution in [0.3, 0.4) is 0 Å². The van der Waals surface area contributed by atoms with E-state index < -0.39 is 6.10 Å². The minimum Gasteiger partial charge on any atom is -0.392 e. The van der Waals surface area contributed by atoms with Crippen LogP contribution >= 0.6 is 15.9 Å². The van der Waals surface area contributed by atoms with Gasteiger partial charge in [0.2, 0.25) is 11.8 Å². The number of rotatable bonds is 4. The molecule has 1 saturated heterocycles. The molecule has 2 atom stereocenters. The third-order valence-corrected chi connectivity index (χ3v) is 3.73. The van der Waals surface area contributed by atoms with Crippen LogP contribution in [0.15, 0.2) is 28.7 Å². The van der Waals surface area contributed by atoms with Gasteiger partial charge in [0.25, 0.3) is 0 Å². The van der Waals surface area contributed by atoms with E-state index in [2.05, 4.69) is 21.2 Å². The standard InChI is InChI=1S/C14H17BrN2O3/c1-9(18)7-16-14(20)10-6-13(19)17(8-10)12-4-2-11(15)3-5-12/h2-5,9-10,18H,6-8H2,1H3,(H,16,20)/t9-,10+/m0/s1. The van der Waals surface area contributed by atoms with Gasteiger partial charge in [-0.25, -0.2) is 0 Å². The maximum Gasteiger partial charge on any atom is 0.227 e. The predicted octanol–water partition coefficient (Wildman–Crippen LogP) is 1.30. The second-order valence-corrected chi connectivity index (χ2v) is 5.89. The van der Waals surface area contributed by atoms with Gasteiger partial charge in [-0.3, -0.25) is 9.59 Å². The summed E-state index contributed by atoms with van der Waals surface area (Å²) >= 11 is 3.35. The zero-order chi connectivity index (χ0) is 14.7. The van der Waals surface area contributed by atoms with E-state index in [-0.39, 0.29) is 30.7 Å². The van der Waals surface area contributed by atoms with E-state index in [0.29, 0.717) is 6.54 Å². The van der Waals surface area contributed by atoms with E-state index in [1.54, 1.807) is 11.8 Å². The van der Waals surface area contributed by atoms with Crippen LogP contribution in [0.4, 0.5) is 5.69 Å². The molecule has 1 aromatic rings. The summed E-state index contributed by atoms with van der Waals surface area (Å²) in [6.07, 6.45) is -0.375. The zero-order valence-electron chi connectivity index (χ0n) is 11.2. The van der Waals surface area contributed by atoms with Gasteiger partial charge in [-0.1, -0.05) is 15.9 Å². The van der Waals surface area contributed by atoms with Gasteiger partial charge in [0.05, 0.1) is 12.0 Å². The van der Waals surface area contributed by atoms with Gasteiger partial charge in [-0.15, -0.1) is 0 Å². The summed E-state index contributed by atoms with van der Waals surface area (Å²) in [6.45, 7) is 2.20. The predicted molar refractivity (Wildman–Crippen MR) is 79.3 cm³/mol. The molecule has 20 heavy (non-hydrogen) atoms. The van der Waals surface area contributed by atoms with Crippen molar-refractivity contribution in [3.8, 4) is 0 Å². The van der Waals surface area contributed by atoms with Gasteiger partial charge < -0.3 is 15.3 Å². The Bertz CT molecular complexity index is 502. The number of anilines is 1. The number of aliphatic hydroxyl groups is 1. The Labute approximate surface area is 126 Å². The maximum atomic E-state index is 12.0. The molecule has 6 heteroatoms. The van der Waals surface area contributed by atoms with Crippen LogP contribution in [0.1, 0.15) is 13.3 Å². The third kappa shape index (κ3) is 3.58. The molecule has 1 fully saturated rings. The number of hydrogen-bond acceptors (Lipinski definition) is 3. The van der Waals surface area contributed by atoms with E-state index in [0.717, 1.165) is 10.2 Å². The molecule has 108 valence electrons. The molecule has 1 heterocycles. The first-order valence-electron chi connectivity index (χ1n) is 6.49. The van der Waals surface area contributed by atoms with Crippen LogP contribution in [-0.4, -0.2) is 36.1 Å². The minimum atomic E-state index is -0.585. The number of nitrogens with zero attached hydrogens (tertiary/aromatic N) is 1. The molecule has 2 N–H and O–H groups in total. The first-order valence-corrected chi connectivity index (χ1v) is 7.28. The molecule has 0 spiro atoms. The summed E-state index contributed by atoms with van der Waals surface area (Å²) in [5.41, 5.74) is 0.795. The Kier molecular flexibility index (Phi) is 4.77. The molecule has 5 nitrogen and oxygen atoms in total. The maximum absolute atomic E-state index is 12.0. The first-order chi connectivity index (χ1) is 9.47. The summed E-state index contributed by atoms with van der Waals surface area (Å²) in [4.78, 5) is 25.5. The summed E-state index contributed by atoms with van der Waals surface area (Å²) in [7, 11) is 0. The topological polar surface area (TPSA) is 69.6 Å². The van der Waals surface area contributed by atoms with Crippen molar-refractivity contribution < 1.29 is 14.7 Å². The molecule has 0 radical (unpaired) electrons. The van der Waals surface area contributed by atoms with Crippen molar-refractivity contribution in [2.45, 2.75) is 19.4 Å². The molecule has 0 saturated carbocycles. The highest BCUT2D eigenvalue weighted by atomic mass is 79.9. The fourth-order valence-corrected chi connectivity index (χ4v) is 2.41. The molecule has 0 unspecified atom stereocenters. The van der Waals surface area contributed by atoms with Gasteiger partial charge in [0.1, 0.15) is 0 Å². The number of aliphatic hydroxyl groups excluding tert-OH is 1. The number of carbonyl (C=O) groups excluding carboxylic acids is 2. The molecule has 0 aromatic heterocycles. The van der Waals surface area contributed by atoms with Crippen LogP contribution in [0.25, 0.3) is 0 Å². The molecule has 2 amide bonds. The lowest BCUT2D eigenvalue weighted by Gasteiger charge is -2.17. The average Bonchev–Trinajstić information content (AvgIpc) is 2.79. The number of halogens is 1. The molecule has 2 rings (SSSR count). The van der Waals surface area contributed by atoms with E-state index in [9.17, 15) is 9.59 Å². The van der Waals surface area contributed by atoms with Crippen LogP contribution in [0.2, 0.25) is 0 Å². The number of nitrogens with one attached hydrogen (secondary N) is 1. The Hall–Kier alpha value is -1.40. The second kappa shape index (κ2) is 6.37. The van der Waals surface area contributed by atoms with Crippen molar-refractivity contribution >= 4 is 33.4 Å². The summed E-state index contributed by atoms with van der Waals surface area (Å²) < 4.78 is 0.944. The van der Waals surface area contributed by atoms with Gasteiger partial charge >= 0.3 is 0 Å². The highest BCUT2D eigenvalue weighted by Gasteiger charge is 2.34. The second-order valence-electron chi connectivity index (χ2n) is 4.98. The monoisotopic (exact) mass is 340 g/mol. The van der Waals surface area contributed by atoms with Gasteiger partial charge in [-0.2, -0.15) is 0 Å². The van der Waals surface area contributed by atoms with Crippen molar-refractivity contribution in [1.82, 2.24) is 5.32 Å². The summed E-state index contributed by atoms with van der Waals surface area (Å²) in [6, 6.07) is 7.42. The Morgan fingerprint density at radius 2 is 2.15 bits per heavy atom. The van der Waals surface area contributed by atoms with Crippen molar-refractivity contribution in [2.24, 2.45) is 5.92 Å². The molecule has 1 aliphatic rings. The SMILES string of the molecule is C[C@H](O)CNC(=O)[C@@H]1CC(=O)N(c2ccc(Br)cc2)C1. The van der Waals surface area contributed by atoms with Crippen LogP contribution in [0.5, 0.6) is 0 Å². The van der Waals surface area contributed by atoms with Crippen molar-refractivity contribution in [2.75, 3.05) is 18.0 Å². The largest absolute Gasteiger partial charge is 0.392 e. The molecular formula is C14H17BrN2O3. The summed E-state index contributed by atoms with van der Waals surface area (Å²) in [5, 5.41) is 11.8. The first kappa shape index (κ1) is 15.0. The lowest BCUT2D eigenvalue weighted by atomic mass is 10.1. The number of hydrogen-bond donors (Lipinski definition) is 2. The minimum absolute atomic E-state index is 0.0514. The Balaban J connectivity index is 2.00. The van der Waals surface area contributed by atoms with Crippen molar-refractivity contribution in [3.05, 3.63) is 28.7 Å². The van der Waals surface area contributed by atoms with Crippen molar-refractivity contribution in [1.29, 1.82) is 0 Å². The molecule has 0 bridgehead atoms. The fourth-order valence-electron chi connectivity index (χ4n) is 2.15. The van der Waals surface area contributed by atoms with E-state index in [1.807, 2.05) is 24.3 Å². The van der Waals surface area contributed by atoms with E-state index in [1.165, 1.54) is 0 Å². The molecule has 1 aromatic carbocycles. The van der Waals surface area contributed by atoms with Gasteiger partial charge in [0.15, 0.2) is 0 Å². The van der Waals surface area contributed by atoms with Gasteiger partial charge in [0, 0.05) is 29.7 Å². The zero-order valence-corrected chi connectivity index (χ0v) is 12.8. The number of amides is 2. The lowest BCUT2D eigenvalue weighted by molar-refractivity contribution is -0.126. The quantitative estimate of drug-likeness (QED) is 0.867. The normalized spacial score (nSPS) is 20.1. The number of carbonyl (C=O) groups is 2. The van der Waals surface area contributed by atoms with E-state index >= 15 is 0 Å². The Morgan fingerprint density at radius 1 is 1.50 bits per heavy atom. The van der Waals surface area contributed by atoms with Crippen LogP contribution < -0.4 is 10.2 Å². The highest BCUT2D eigenvalue weighted by Crippen LogP contribution is 2.26. The molecular weight excluding hydrogens is 324 g/mol.